The fourth-order valence-electron chi connectivity index (χ4n) is 3.96. The summed E-state index contributed by atoms with van der Waals surface area (Å²) in [7, 11) is 1.86. The lowest BCUT2D eigenvalue weighted by atomic mass is 9.74. The van der Waals surface area contributed by atoms with Gasteiger partial charge in [0.15, 0.2) is 0 Å². The van der Waals surface area contributed by atoms with Crippen LogP contribution >= 0.6 is 0 Å². The summed E-state index contributed by atoms with van der Waals surface area (Å²) in [5, 5.41) is 10.0. The molecule has 2 aromatic rings. The number of hydrogen-bond acceptors (Lipinski definition) is 4. The van der Waals surface area contributed by atoms with E-state index in [4.69, 9.17) is 0 Å². The molecule has 5 heteroatoms. The molecule has 5 nitrogen and oxygen atoms in total. The molecule has 26 heavy (non-hydrogen) atoms. The molecule has 1 N–H and O–H groups in total. The number of nitrogens with zero attached hydrogens (tertiary/aromatic N) is 3. The fraction of sp³-hybridized carbons (Fsp3) is 0.429. The van der Waals surface area contributed by atoms with Gasteiger partial charge in [-0.3, -0.25) is 14.7 Å². The first-order valence-electron chi connectivity index (χ1n) is 9.20. The van der Waals surface area contributed by atoms with Crippen molar-refractivity contribution in [2.75, 3.05) is 20.2 Å². The molecule has 0 spiro atoms. The Morgan fingerprint density at radius 3 is 2.58 bits per heavy atom. The molecule has 0 unspecified atom stereocenters. The monoisotopic (exact) mass is 353 g/mol. The molecular weight excluding hydrogens is 326 g/mol. The summed E-state index contributed by atoms with van der Waals surface area (Å²) in [5.74, 6) is 0.357. The van der Waals surface area contributed by atoms with Crippen LogP contribution in [0.4, 0.5) is 0 Å². The molecule has 2 heterocycles. The maximum absolute atomic E-state index is 12.1. The molecule has 1 aliphatic heterocycles. The zero-order chi connectivity index (χ0) is 18.5. The van der Waals surface area contributed by atoms with Gasteiger partial charge < -0.3 is 10.0 Å². The van der Waals surface area contributed by atoms with E-state index in [0.29, 0.717) is 13.0 Å². The molecule has 1 saturated heterocycles. The first kappa shape index (κ1) is 18.5. The third-order valence-corrected chi connectivity index (χ3v) is 5.33. The van der Waals surface area contributed by atoms with E-state index in [-0.39, 0.29) is 30.5 Å². The Hall–Kier alpha value is -2.24. The molecular formula is C21H27N3O2. The van der Waals surface area contributed by atoms with Crippen LogP contribution < -0.4 is 0 Å². The van der Waals surface area contributed by atoms with Gasteiger partial charge >= 0.3 is 0 Å². The second-order valence-corrected chi connectivity index (χ2v) is 6.92. The molecule has 138 valence electrons. The molecule has 0 saturated carbocycles. The molecule has 1 aliphatic rings. The number of aliphatic hydroxyl groups is 1. The number of aliphatic hydroxyl groups excluding tert-OH is 1. The Morgan fingerprint density at radius 2 is 1.96 bits per heavy atom. The number of amides is 1. The second-order valence-electron chi connectivity index (χ2n) is 6.92. The number of rotatable bonds is 7. The standard InChI is InChI=1S/C21H27N3O2/c1-3-20(26)23(2)14-18-21(17-9-5-4-6-10-17)19(15-25)24(18)13-16-8-7-11-22-12-16/h4-12,18-19,21,25H,3,13-15H2,1-2H3/t18-,19+,21-/m1/s1. The molecule has 1 amide bonds. The number of likely N-dealkylation sites (tertiary alicyclic amines) is 1. The minimum atomic E-state index is 0.0488. The zero-order valence-corrected chi connectivity index (χ0v) is 15.5. The van der Waals surface area contributed by atoms with Crippen molar-refractivity contribution in [3.63, 3.8) is 0 Å². The van der Waals surface area contributed by atoms with Crippen LogP contribution in [0.5, 0.6) is 0 Å². The molecule has 1 fully saturated rings. The van der Waals surface area contributed by atoms with Gasteiger partial charge in [-0.25, -0.2) is 0 Å². The van der Waals surface area contributed by atoms with Gasteiger partial charge in [-0.05, 0) is 17.2 Å². The van der Waals surface area contributed by atoms with E-state index >= 15 is 0 Å². The SMILES string of the molecule is CCC(=O)N(C)C[C@@H]1[C@@H](c2ccccc2)[C@H](CO)N1Cc1cccnc1. The normalized spacial score (nSPS) is 22.7. The van der Waals surface area contributed by atoms with Gasteiger partial charge in [0.25, 0.3) is 0 Å². The Morgan fingerprint density at radius 1 is 1.19 bits per heavy atom. The number of carbonyl (C=O) groups is 1. The Balaban J connectivity index is 1.84. The van der Waals surface area contributed by atoms with E-state index < -0.39 is 0 Å². The van der Waals surface area contributed by atoms with Crippen LogP contribution in [0.25, 0.3) is 0 Å². The maximum atomic E-state index is 12.1. The number of pyridine rings is 1. The van der Waals surface area contributed by atoms with Crippen LogP contribution in [0.15, 0.2) is 54.9 Å². The summed E-state index contributed by atoms with van der Waals surface area (Å²) in [6.07, 6.45) is 4.13. The summed E-state index contributed by atoms with van der Waals surface area (Å²) in [4.78, 5) is 20.4. The smallest absolute Gasteiger partial charge is 0.222 e. The summed E-state index contributed by atoms with van der Waals surface area (Å²) in [5.41, 5.74) is 2.34. The number of carbonyl (C=O) groups excluding carboxylic acids is 1. The van der Waals surface area contributed by atoms with Crippen molar-refractivity contribution in [3.05, 3.63) is 66.0 Å². The van der Waals surface area contributed by atoms with Gasteiger partial charge in [0.2, 0.25) is 5.91 Å². The van der Waals surface area contributed by atoms with Crippen molar-refractivity contribution in [2.24, 2.45) is 0 Å². The minimum absolute atomic E-state index is 0.0488. The first-order valence-corrected chi connectivity index (χ1v) is 9.20. The Kier molecular flexibility index (Phi) is 6.01. The average Bonchev–Trinajstić information content (AvgIpc) is 2.69. The van der Waals surface area contributed by atoms with E-state index in [1.54, 1.807) is 6.20 Å². The molecule has 3 atom stereocenters. The lowest BCUT2D eigenvalue weighted by Crippen LogP contribution is -2.66. The molecule has 0 bridgehead atoms. The van der Waals surface area contributed by atoms with E-state index in [0.717, 1.165) is 12.1 Å². The first-order chi connectivity index (χ1) is 12.7. The van der Waals surface area contributed by atoms with Gasteiger partial charge in [0.05, 0.1) is 6.61 Å². The van der Waals surface area contributed by atoms with Crippen LogP contribution in [0.3, 0.4) is 0 Å². The van der Waals surface area contributed by atoms with Crippen molar-refractivity contribution in [2.45, 2.75) is 37.9 Å². The third-order valence-electron chi connectivity index (χ3n) is 5.33. The van der Waals surface area contributed by atoms with Gasteiger partial charge in [-0.1, -0.05) is 43.3 Å². The predicted octanol–water partition coefficient (Wildman–Crippen LogP) is 2.28. The van der Waals surface area contributed by atoms with Crippen LogP contribution in [-0.4, -0.2) is 58.1 Å². The number of benzene rings is 1. The Labute approximate surface area is 155 Å². The Bertz CT molecular complexity index is 708. The van der Waals surface area contributed by atoms with E-state index in [1.165, 1.54) is 5.56 Å². The van der Waals surface area contributed by atoms with Crippen molar-refractivity contribution in [1.29, 1.82) is 0 Å². The van der Waals surface area contributed by atoms with Gasteiger partial charge in [0, 0.05) is 57.0 Å². The zero-order valence-electron chi connectivity index (χ0n) is 15.5. The third kappa shape index (κ3) is 3.79. The molecule has 0 radical (unpaired) electrons. The van der Waals surface area contributed by atoms with E-state index in [2.05, 4.69) is 28.1 Å². The van der Waals surface area contributed by atoms with Crippen molar-refractivity contribution in [1.82, 2.24) is 14.8 Å². The molecule has 1 aromatic heterocycles. The number of likely N-dealkylation sites (N-methyl/N-ethyl adjacent to an activating group) is 1. The summed E-state index contributed by atoms with van der Waals surface area (Å²) in [6, 6.07) is 14.5. The number of hydrogen-bond donors (Lipinski definition) is 1. The van der Waals surface area contributed by atoms with Crippen LogP contribution in [-0.2, 0) is 11.3 Å². The summed E-state index contributed by atoms with van der Waals surface area (Å²) >= 11 is 0. The lowest BCUT2D eigenvalue weighted by molar-refractivity contribution is -0.133. The van der Waals surface area contributed by atoms with Crippen LogP contribution in [0.1, 0.15) is 30.4 Å². The topological polar surface area (TPSA) is 56.7 Å². The predicted molar refractivity (Wildman–Crippen MR) is 102 cm³/mol. The second kappa shape index (κ2) is 8.43. The van der Waals surface area contributed by atoms with Crippen LogP contribution in [0.2, 0.25) is 0 Å². The van der Waals surface area contributed by atoms with Crippen molar-refractivity contribution in [3.8, 4) is 0 Å². The fourth-order valence-corrected chi connectivity index (χ4v) is 3.96. The quantitative estimate of drug-likeness (QED) is 0.830. The van der Waals surface area contributed by atoms with Crippen LogP contribution in [0, 0.1) is 0 Å². The van der Waals surface area contributed by atoms with Gasteiger partial charge in [-0.2, -0.15) is 0 Å². The average molecular weight is 353 g/mol. The number of aromatic nitrogens is 1. The minimum Gasteiger partial charge on any atom is -0.395 e. The van der Waals surface area contributed by atoms with Gasteiger partial charge in [-0.15, -0.1) is 0 Å². The van der Waals surface area contributed by atoms with E-state index in [1.807, 2.05) is 49.3 Å². The highest BCUT2D eigenvalue weighted by atomic mass is 16.3. The van der Waals surface area contributed by atoms with E-state index in [9.17, 15) is 9.90 Å². The highest BCUT2D eigenvalue weighted by Gasteiger charge is 2.48. The molecule has 3 rings (SSSR count). The molecule has 0 aliphatic carbocycles. The summed E-state index contributed by atoms with van der Waals surface area (Å²) in [6.45, 7) is 3.37. The van der Waals surface area contributed by atoms with Gasteiger partial charge in [0.1, 0.15) is 0 Å². The van der Waals surface area contributed by atoms with Crippen molar-refractivity contribution >= 4 is 5.91 Å². The highest BCUT2D eigenvalue weighted by Crippen LogP contribution is 2.41. The maximum Gasteiger partial charge on any atom is 0.222 e. The lowest BCUT2D eigenvalue weighted by Gasteiger charge is -2.56. The largest absolute Gasteiger partial charge is 0.395 e. The summed E-state index contributed by atoms with van der Waals surface area (Å²) < 4.78 is 0. The highest BCUT2D eigenvalue weighted by molar-refractivity contribution is 5.75. The van der Waals surface area contributed by atoms with Crippen molar-refractivity contribution < 1.29 is 9.90 Å². The molecule has 1 aromatic carbocycles.